The zero-order valence-corrected chi connectivity index (χ0v) is 11.6. The Kier molecular flexibility index (Phi) is 3.97. The van der Waals surface area contributed by atoms with E-state index in [1.807, 2.05) is 12.1 Å². The predicted molar refractivity (Wildman–Crippen MR) is 74.6 cm³/mol. The minimum Gasteiger partial charge on any atom is -0.497 e. The lowest BCUT2D eigenvalue weighted by molar-refractivity contribution is 0.414. The van der Waals surface area contributed by atoms with Gasteiger partial charge in [0.15, 0.2) is 0 Å². The minimum atomic E-state index is 0.657. The van der Waals surface area contributed by atoms with Gasteiger partial charge in [-0.3, -0.25) is 0 Å². The average molecular weight is 273 g/mol. The largest absolute Gasteiger partial charge is 0.497 e. The quantitative estimate of drug-likeness (QED) is 0.837. The molecule has 0 radical (unpaired) electrons. The van der Waals surface area contributed by atoms with Crippen LogP contribution in [0.4, 0.5) is 0 Å². The lowest BCUT2D eigenvalue weighted by atomic mass is 10.1. The number of nitrogens with zero attached hydrogens (tertiary/aromatic N) is 2. The molecule has 0 unspecified atom stereocenters. The summed E-state index contributed by atoms with van der Waals surface area (Å²) in [5.41, 5.74) is 1.24. The second kappa shape index (κ2) is 6.05. The monoisotopic (exact) mass is 273 g/mol. The molecular weight excluding hydrogens is 254 g/mol. The molecule has 0 amide bonds. The van der Waals surface area contributed by atoms with E-state index in [0.29, 0.717) is 24.4 Å². The first-order chi connectivity index (χ1) is 9.83. The van der Waals surface area contributed by atoms with E-state index in [0.717, 1.165) is 18.6 Å². The van der Waals surface area contributed by atoms with E-state index in [2.05, 4.69) is 27.6 Å². The topological polar surface area (TPSA) is 60.2 Å². The van der Waals surface area contributed by atoms with Gasteiger partial charge in [-0.05, 0) is 37.0 Å². The Hall–Kier alpha value is -1.88. The van der Waals surface area contributed by atoms with Gasteiger partial charge in [-0.25, -0.2) is 0 Å². The maximum atomic E-state index is 5.62. The summed E-state index contributed by atoms with van der Waals surface area (Å²) in [5.74, 6) is 2.26. The van der Waals surface area contributed by atoms with E-state index < -0.39 is 0 Å². The SMILES string of the molecule is COc1ccc(CCc2nnc(CNC3CC3)o2)cc1. The molecule has 5 nitrogen and oxygen atoms in total. The number of aryl methyl sites for hydroxylation is 2. The van der Waals surface area contributed by atoms with Crippen molar-refractivity contribution in [3.63, 3.8) is 0 Å². The van der Waals surface area contributed by atoms with Crippen molar-refractivity contribution in [1.29, 1.82) is 0 Å². The van der Waals surface area contributed by atoms with Crippen molar-refractivity contribution in [3.8, 4) is 5.75 Å². The van der Waals surface area contributed by atoms with Gasteiger partial charge in [-0.15, -0.1) is 10.2 Å². The number of hydrogen-bond donors (Lipinski definition) is 1. The molecule has 20 heavy (non-hydrogen) atoms. The molecule has 1 aromatic heterocycles. The maximum Gasteiger partial charge on any atom is 0.230 e. The number of benzene rings is 1. The first kappa shape index (κ1) is 13.1. The molecule has 0 aliphatic heterocycles. The van der Waals surface area contributed by atoms with Crippen LogP contribution in [0.5, 0.6) is 5.75 Å². The van der Waals surface area contributed by atoms with Crippen LogP contribution in [0.3, 0.4) is 0 Å². The molecule has 1 saturated carbocycles. The second-order valence-corrected chi connectivity index (χ2v) is 5.09. The molecule has 1 N–H and O–H groups in total. The Labute approximate surface area is 118 Å². The highest BCUT2D eigenvalue weighted by Gasteiger charge is 2.21. The number of ether oxygens (including phenoxy) is 1. The molecule has 1 heterocycles. The van der Waals surface area contributed by atoms with Gasteiger partial charge < -0.3 is 14.5 Å². The van der Waals surface area contributed by atoms with Crippen LogP contribution in [-0.4, -0.2) is 23.3 Å². The first-order valence-electron chi connectivity index (χ1n) is 7.01. The molecule has 3 rings (SSSR count). The molecule has 1 aliphatic carbocycles. The Balaban J connectivity index is 1.49. The van der Waals surface area contributed by atoms with E-state index in [1.165, 1.54) is 18.4 Å². The van der Waals surface area contributed by atoms with Crippen LogP contribution in [0.1, 0.15) is 30.2 Å². The maximum absolute atomic E-state index is 5.62. The van der Waals surface area contributed by atoms with Crippen molar-refractivity contribution in [3.05, 3.63) is 41.6 Å². The molecule has 106 valence electrons. The Morgan fingerprint density at radius 1 is 1.15 bits per heavy atom. The molecule has 0 atom stereocenters. The number of hydrogen-bond acceptors (Lipinski definition) is 5. The van der Waals surface area contributed by atoms with Gasteiger partial charge in [0.1, 0.15) is 5.75 Å². The summed E-state index contributed by atoms with van der Waals surface area (Å²) in [6.45, 7) is 0.681. The van der Waals surface area contributed by atoms with Gasteiger partial charge in [-0.2, -0.15) is 0 Å². The molecule has 0 saturated heterocycles. The predicted octanol–water partition coefficient (Wildman–Crippen LogP) is 2.12. The van der Waals surface area contributed by atoms with Crippen LogP contribution in [0, 0.1) is 0 Å². The van der Waals surface area contributed by atoms with Crippen LogP contribution >= 0.6 is 0 Å². The van der Waals surface area contributed by atoms with Crippen LogP contribution in [0.2, 0.25) is 0 Å². The molecule has 0 spiro atoms. The normalized spacial score (nSPS) is 14.4. The molecule has 1 aromatic carbocycles. The van der Waals surface area contributed by atoms with Crippen molar-refractivity contribution in [2.45, 2.75) is 38.3 Å². The Morgan fingerprint density at radius 3 is 2.60 bits per heavy atom. The number of aromatic nitrogens is 2. The molecule has 1 fully saturated rings. The fourth-order valence-corrected chi connectivity index (χ4v) is 2.02. The molecule has 0 bridgehead atoms. The lowest BCUT2D eigenvalue weighted by Gasteiger charge is -2.01. The number of nitrogens with one attached hydrogen (secondary N) is 1. The fraction of sp³-hybridized carbons (Fsp3) is 0.467. The van der Waals surface area contributed by atoms with E-state index in [9.17, 15) is 0 Å². The second-order valence-electron chi connectivity index (χ2n) is 5.09. The third-order valence-corrected chi connectivity index (χ3v) is 3.41. The van der Waals surface area contributed by atoms with Crippen molar-refractivity contribution < 1.29 is 9.15 Å². The van der Waals surface area contributed by atoms with Gasteiger partial charge in [0.2, 0.25) is 11.8 Å². The standard InChI is InChI=1S/C15H19N3O2/c1-19-13-7-2-11(3-8-13)4-9-14-17-18-15(20-14)10-16-12-5-6-12/h2-3,7-8,12,16H,4-6,9-10H2,1H3. The van der Waals surface area contributed by atoms with E-state index in [1.54, 1.807) is 7.11 Å². The summed E-state index contributed by atoms with van der Waals surface area (Å²) in [7, 11) is 1.67. The molecule has 1 aliphatic rings. The van der Waals surface area contributed by atoms with Crippen LogP contribution in [0.15, 0.2) is 28.7 Å². The smallest absolute Gasteiger partial charge is 0.230 e. The third-order valence-electron chi connectivity index (χ3n) is 3.41. The van der Waals surface area contributed by atoms with Crippen molar-refractivity contribution in [2.24, 2.45) is 0 Å². The van der Waals surface area contributed by atoms with Gasteiger partial charge in [0, 0.05) is 12.5 Å². The van der Waals surface area contributed by atoms with Gasteiger partial charge in [0.05, 0.1) is 13.7 Å². The number of rotatable bonds is 7. The van der Waals surface area contributed by atoms with Crippen LogP contribution in [-0.2, 0) is 19.4 Å². The molecule has 2 aromatic rings. The summed E-state index contributed by atoms with van der Waals surface area (Å²) in [5, 5.41) is 11.5. The highest BCUT2D eigenvalue weighted by molar-refractivity contribution is 5.27. The minimum absolute atomic E-state index is 0.657. The van der Waals surface area contributed by atoms with Gasteiger partial charge in [0.25, 0.3) is 0 Å². The van der Waals surface area contributed by atoms with Gasteiger partial charge >= 0.3 is 0 Å². The Morgan fingerprint density at radius 2 is 1.90 bits per heavy atom. The first-order valence-corrected chi connectivity index (χ1v) is 7.01. The highest BCUT2D eigenvalue weighted by atomic mass is 16.5. The van der Waals surface area contributed by atoms with Crippen LogP contribution < -0.4 is 10.1 Å². The van der Waals surface area contributed by atoms with Crippen molar-refractivity contribution >= 4 is 0 Å². The van der Waals surface area contributed by atoms with E-state index in [4.69, 9.17) is 9.15 Å². The van der Waals surface area contributed by atoms with E-state index >= 15 is 0 Å². The molecular formula is C15H19N3O2. The zero-order chi connectivity index (χ0) is 13.8. The summed E-state index contributed by atoms with van der Waals surface area (Å²) < 4.78 is 10.8. The third kappa shape index (κ3) is 3.57. The average Bonchev–Trinajstić information content (AvgIpc) is 3.22. The fourth-order valence-electron chi connectivity index (χ4n) is 2.02. The summed E-state index contributed by atoms with van der Waals surface area (Å²) >= 11 is 0. The molecule has 5 heteroatoms. The van der Waals surface area contributed by atoms with E-state index in [-0.39, 0.29) is 0 Å². The van der Waals surface area contributed by atoms with Crippen LogP contribution in [0.25, 0.3) is 0 Å². The highest BCUT2D eigenvalue weighted by Crippen LogP contribution is 2.19. The summed E-state index contributed by atoms with van der Waals surface area (Å²) in [6, 6.07) is 8.71. The zero-order valence-electron chi connectivity index (χ0n) is 11.6. The number of methoxy groups -OCH3 is 1. The Bertz CT molecular complexity index is 547. The van der Waals surface area contributed by atoms with Gasteiger partial charge in [-0.1, -0.05) is 12.1 Å². The summed E-state index contributed by atoms with van der Waals surface area (Å²) in [6.07, 6.45) is 4.18. The summed E-state index contributed by atoms with van der Waals surface area (Å²) in [4.78, 5) is 0. The van der Waals surface area contributed by atoms with Crippen molar-refractivity contribution in [2.75, 3.05) is 7.11 Å². The lowest BCUT2D eigenvalue weighted by Crippen LogP contribution is -2.15. The van der Waals surface area contributed by atoms with Crippen molar-refractivity contribution in [1.82, 2.24) is 15.5 Å².